The third-order valence-electron chi connectivity index (χ3n) is 4.85. The summed E-state index contributed by atoms with van der Waals surface area (Å²) >= 11 is 0. The SMILES string of the molecule is C=CCc1ccc(OCC(=O)NCC(C)(C)c2ccc3c(c2)OCO3)c(OC)c1. The van der Waals surface area contributed by atoms with E-state index in [0.29, 0.717) is 18.0 Å². The lowest BCUT2D eigenvalue weighted by molar-refractivity contribution is -0.123. The van der Waals surface area contributed by atoms with Gasteiger partial charge in [0.05, 0.1) is 7.11 Å². The van der Waals surface area contributed by atoms with Gasteiger partial charge in [-0.1, -0.05) is 32.1 Å². The van der Waals surface area contributed by atoms with Crippen LogP contribution in [0.5, 0.6) is 23.0 Å². The van der Waals surface area contributed by atoms with Crippen molar-refractivity contribution in [3.8, 4) is 23.0 Å². The van der Waals surface area contributed by atoms with Crippen LogP contribution < -0.4 is 24.3 Å². The summed E-state index contributed by atoms with van der Waals surface area (Å²) < 4.78 is 21.8. The summed E-state index contributed by atoms with van der Waals surface area (Å²) in [6.07, 6.45) is 2.57. The summed E-state index contributed by atoms with van der Waals surface area (Å²) in [6, 6.07) is 11.5. The van der Waals surface area contributed by atoms with Crippen LogP contribution in [-0.4, -0.2) is 33.0 Å². The van der Waals surface area contributed by atoms with Gasteiger partial charge in [-0.3, -0.25) is 4.79 Å². The van der Waals surface area contributed by atoms with Crippen LogP contribution in [0.1, 0.15) is 25.0 Å². The molecule has 1 aliphatic rings. The van der Waals surface area contributed by atoms with Gasteiger partial charge in [0.25, 0.3) is 5.91 Å². The minimum absolute atomic E-state index is 0.0889. The standard InChI is InChI=1S/C23H27NO5/c1-5-6-16-7-9-18(20(11-16)26-4)27-13-22(25)24-14-23(2,3)17-8-10-19-21(12-17)29-15-28-19/h5,7-12H,1,6,13-15H2,2-4H3,(H,24,25). The molecule has 3 rings (SSSR count). The van der Waals surface area contributed by atoms with E-state index in [0.717, 1.165) is 29.0 Å². The normalized spacial score (nSPS) is 12.4. The highest BCUT2D eigenvalue weighted by Gasteiger charge is 2.24. The smallest absolute Gasteiger partial charge is 0.257 e. The van der Waals surface area contributed by atoms with Gasteiger partial charge in [0.15, 0.2) is 29.6 Å². The summed E-state index contributed by atoms with van der Waals surface area (Å²) in [5, 5.41) is 2.94. The number of hydrogen-bond acceptors (Lipinski definition) is 5. The lowest BCUT2D eigenvalue weighted by Crippen LogP contribution is -2.38. The van der Waals surface area contributed by atoms with Crippen molar-refractivity contribution < 1.29 is 23.7 Å². The molecule has 2 aromatic carbocycles. The molecule has 29 heavy (non-hydrogen) atoms. The Kier molecular flexibility index (Phi) is 6.32. The Morgan fingerprint density at radius 2 is 1.97 bits per heavy atom. The van der Waals surface area contributed by atoms with E-state index in [1.807, 2.05) is 42.5 Å². The molecule has 1 heterocycles. The van der Waals surface area contributed by atoms with Crippen molar-refractivity contribution in [1.29, 1.82) is 0 Å². The second kappa shape index (κ2) is 8.90. The molecule has 0 saturated carbocycles. The fourth-order valence-electron chi connectivity index (χ4n) is 3.06. The van der Waals surface area contributed by atoms with Crippen LogP contribution >= 0.6 is 0 Å². The molecular weight excluding hydrogens is 370 g/mol. The number of ether oxygens (including phenoxy) is 4. The van der Waals surface area contributed by atoms with Crippen LogP contribution in [0.3, 0.4) is 0 Å². The van der Waals surface area contributed by atoms with Gasteiger partial charge in [-0.15, -0.1) is 6.58 Å². The van der Waals surface area contributed by atoms with E-state index < -0.39 is 0 Å². The van der Waals surface area contributed by atoms with Gasteiger partial charge in [-0.2, -0.15) is 0 Å². The molecule has 154 valence electrons. The van der Waals surface area contributed by atoms with E-state index in [9.17, 15) is 4.79 Å². The molecule has 0 aliphatic carbocycles. The van der Waals surface area contributed by atoms with Crippen LogP contribution in [0.2, 0.25) is 0 Å². The Hall–Kier alpha value is -3.15. The monoisotopic (exact) mass is 397 g/mol. The maximum absolute atomic E-state index is 12.3. The number of hydrogen-bond donors (Lipinski definition) is 1. The number of amides is 1. The predicted octanol–water partition coefficient (Wildman–Crippen LogP) is 3.63. The number of carbonyl (C=O) groups is 1. The van der Waals surface area contributed by atoms with E-state index in [4.69, 9.17) is 18.9 Å². The molecule has 1 amide bonds. The molecule has 0 spiro atoms. The molecule has 6 nitrogen and oxygen atoms in total. The molecule has 0 aromatic heterocycles. The lowest BCUT2D eigenvalue weighted by Gasteiger charge is -2.26. The van der Waals surface area contributed by atoms with E-state index in [-0.39, 0.29) is 24.7 Å². The van der Waals surface area contributed by atoms with Crippen LogP contribution in [0.25, 0.3) is 0 Å². The van der Waals surface area contributed by atoms with Crippen molar-refractivity contribution >= 4 is 5.91 Å². The highest BCUT2D eigenvalue weighted by molar-refractivity contribution is 5.77. The van der Waals surface area contributed by atoms with Crippen molar-refractivity contribution in [3.05, 3.63) is 60.2 Å². The van der Waals surface area contributed by atoms with Crippen LogP contribution in [0.4, 0.5) is 0 Å². The van der Waals surface area contributed by atoms with Crippen molar-refractivity contribution in [2.24, 2.45) is 0 Å². The summed E-state index contributed by atoms with van der Waals surface area (Å²) in [6.45, 7) is 8.47. The maximum atomic E-state index is 12.3. The molecule has 0 radical (unpaired) electrons. The third kappa shape index (κ3) is 5.02. The predicted molar refractivity (Wildman–Crippen MR) is 111 cm³/mol. The number of allylic oxidation sites excluding steroid dienone is 1. The molecule has 6 heteroatoms. The zero-order valence-corrected chi connectivity index (χ0v) is 17.1. The molecule has 1 aliphatic heterocycles. The van der Waals surface area contributed by atoms with Gasteiger partial charge in [-0.05, 0) is 41.8 Å². The van der Waals surface area contributed by atoms with Gasteiger partial charge in [0, 0.05) is 12.0 Å². The molecule has 0 saturated heterocycles. The first kappa shape index (κ1) is 20.6. The highest BCUT2D eigenvalue weighted by Crippen LogP contribution is 2.36. The minimum atomic E-state index is -0.277. The Bertz CT molecular complexity index is 891. The molecule has 0 fully saturated rings. The topological polar surface area (TPSA) is 66.0 Å². The van der Waals surface area contributed by atoms with Gasteiger partial charge in [0.2, 0.25) is 6.79 Å². The van der Waals surface area contributed by atoms with E-state index >= 15 is 0 Å². The second-order valence-electron chi connectivity index (χ2n) is 7.50. The van der Waals surface area contributed by atoms with Crippen molar-refractivity contribution in [3.63, 3.8) is 0 Å². The zero-order chi connectivity index (χ0) is 20.9. The van der Waals surface area contributed by atoms with Gasteiger partial charge < -0.3 is 24.3 Å². The van der Waals surface area contributed by atoms with E-state index in [1.54, 1.807) is 7.11 Å². The molecule has 0 bridgehead atoms. The lowest BCUT2D eigenvalue weighted by atomic mass is 9.84. The van der Waals surface area contributed by atoms with Crippen molar-refractivity contribution in [2.45, 2.75) is 25.7 Å². The zero-order valence-electron chi connectivity index (χ0n) is 17.1. The first-order valence-corrected chi connectivity index (χ1v) is 9.50. The minimum Gasteiger partial charge on any atom is -0.493 e. The molecular formula is C23H27NO5. The van der Waals surface area contributed by atoms with Crippen LogP contribution in [0, 0.1) is 0 Å². The van der Waals surface area contributed by atoms with Gasteiger partial charge >= 0.3 is 0 Å². The number of carbonyl (C=O) groups excluding carboxylic acids is 1. The number of fused-ring (bicyclic) bond motifs is 1. The summed E-state index contributed by atoms with van der Waals surface area (Å²) in [5.41, 5.74) is 1.85. The number of methoxy groups -OCH3 is 1. The Morgan fingerprint density at radius 3 is 2.72 bits per heavy atom. The maximum Gasteiger partial charge on any atom is 0.257 e. The quantitative estimate of drug-likeness (QED) is 0.655. The van der Waals surface area contributed by atoms with E-state index in [1.165, 1.54) is 0 Å². The molecule has 0 atom stereocenters. The fourth-order valence-corrected chi connectivity index (χ4v) is 3.06. The Morgan fingerprint density at radius 1 is 1.17 bits per heavy atom. The number of rotatable bonds is 9. The number of nitrogens with one attached hydrogen (secondary N) is 1. The second-order valence-corrected chi connectivity index (χ2v) is 7.50. The fraction of sp³-hybridized carbons (Fsp3) is 0.348. The third-order valence-corrected chi connectivity index (χ3v) is 4.85. The number of benzene rings is 2. The highest BCUT2D eigenvalue weighted by atomic mass is 16.7. The molecule has 0 unspecified atom stereocenters. The van der Waals surface area contributed by atoms with Gasteiger partial charge in [-0.25, -0.2) is 0 Å². The van der Waals surface area contributed by atoms with Crippen LogP contribution in [-0.2, 0) is 16.6 Å². The Balaban J connectivity index is 1.55. The van der Waals surface area contributed by atoms with Crippen molar-refractivity contribution in [1.82, 2.24) is 5.32 Å². The average molecular weight is 397 g/mol. The van der Waals surface area contributed by atoms with Crippen LogP contribution in [0.15, 0.2) is 49.1 Å². The first-order valence-electron chi connectivity index (χ1n) is 9.50. The summed E-state index contributed by atoms with van der Waals surface area (Å²) in [4.78, 5) is 12.3. The summed E-state index contributed by atoms with van der Waals surface area (Å²) in [7, 11) is 1.58. The summed E-state index contributed by atoms with van der Waals surface area (Å²) in [5.74, 6) is 2.41. The van der Waals surface area contributed by atoms with E-state index in [2.05, 4.69) is 25.7 Å². The largest absolute Gasteiger partial charge is 0.493 e. The molecule has 2 aromatic rings. The average Bonchev–Trinajstić information content (AvgIpc) is 3.19. The van der Waals surface area contributed by atoms with Gasteiger partial charge in [0.1, 0.15) is 0 Å². The Labute approximate surface area is 171 Å². The first-order chi connectivity index (χ1) is 13.9. The molecule has 1 N–H and O–H groups in total. The van der Waals surface area contributed by atoms with Crippen molar-refractivity contribution in [2.75, 3.05) is 27.1 Å².